The average Bonchev–Trinajstić information content (AvgIpc) is 3.38. The molecule has 2 aromatic rings. The first-order valence-corrected chi connectivity index (χ1v) is 9.00. The summed E-state index contributed by atoms with van der Waals surface area (Å²) in [4.78, 5) is 22.6. The molecular formula is C18H26IN7O. The minimum Gasteiger partial charge on any atom is -0.357 e. The number of carbonyl (C=O) groups is 1. The highest BCUT2D eigenvalue weighted by atomic mass is 127. The van der Waals surface area contributed by atoms with Crippen LogP contribution in [0.1, 0.15) is 25.3 Å². The Kier molecular flexibility index (Phi) is 8.49. The smallest absolute Gasteiger partial charge is 0.241 e. The Bertz CT molecular complexity index is 725. The summed E-state index contributed by atoms with van der Waals surface area (Å²) >= 11 is 0. The van der Waals surface area contributed by atoms with E-state index in [0.29, 0.717) is 12.5 Å². The fourth-order valence-corrected chi connectivity index (χ4v) is 2.85. The van der Waals surface area contributed by atoms with Gasteiger partial charge in [0.2, 0.25) is 5.91 Å². The summed E-state index contributed by atoms with van der Waals surface area (Å²) in [5.41, 5.74) is 2.04. The summed E-state index contributed by atoms with van der Waals surface area (Å²) in [6.07, 6.45) is 5.38. The number of aliphatic imine (C=N–C) groups is 1. The zero-order valence-corrected chi connectivity index (χ0v) is 17.8. The van der Waals surface area contributed by atoms with Crippen molar-refractivity contribution in [3.63, 3.8) is 0 Å². The van der Waals surface area contributed by atoms with E-state index in [4.69, 9.17) is 0 Å². The van der Waals surface area contributed by atoms with E-state index in [2.05, 4.69) is 25.7 Å². The zero-order valence-electron chi connectivity index (χ0n) is 15.5. The van der Waals surface area contributed by atoms with E-state index in [1.165, 1.54) is 6.33 Å². The van der Waals surface area contributed by atoms with Crippen molar-refractivity contribution in [2.45, 2.75) is 26.3 Å². The number of nitrogens with one attached hydrogen (secondary N) is 2. The second-order valence-electron chi connectivity index (χ2n) is 6.14. The van der Waals surface area contributed by atoms with Gasteiger partial charge in [-0.1, -0.05) is 12.1 Å². The summed E-state index contributed by atoms with van der Waals surface area (Å²) in [6.45, 7) is 5.29. The van der Waals surface area contributed by atoms with Crippen LogP contribution in [0.15, 0.2) is 41.9 Å². The van der Waals surface area contributed by atoms with Crippen LogP contribution < -0.4 is 10.6 Å². The van der Waals surface area contributed by atoms with Gasteiger partial charge in [0.25, 0.3) is 0 Å². The van der Waals surface area contributed by atoms with Gasteiger partial charge in [0.05, 0.1) is 18.8 Å². The molecule has 1 aromatic carbocycles. The Morgan fingerprint density at radius 1 is 1.19 bits per heavy atom. The van der Waals surface area contributed by atoms with Crippen molar-refractivity contribution in [2.75, 3.05) is 26.2 Å². The van der Waals surface area contributed by atoms with Crippen molar-refractivity contribution >= 4 is 35.8 Å². The molecule has 0 unspecified atom stereocenters. The number of carbonyl (C=O) groups excluding carboxylic acids is 1. The molecule has 9 heteroatoms. The van der Waals surface area contributed by atoms with E-state index in [1.807, 2.05) is 36.1 Å². The highest BCUT2D eigenvalue weighted by molar-refractivity contribution is 14.0. The van der Waals surface area contributed by atoms with Gasteiger partial charge in [-0.05, 0) is 37.5 Å². The lowest BCUT2D eigenvalue weighted by atomic mass is 10.2. The molecule has 3 rings (SSSR count). The third kappa shape index (κ3) is 6.19. The molecule has 27 heavy (non-hydrogen) atoms. The minimum atomic E-state index is 0. The number of hydrogen-bond acceptors (Lipinski definition) is 4. The molecule has 0 radical (unpaired) electrons. The van der Waals surface area contributed by atoms with E-state index >= 15 is 0 Å². The fourth-order valence-electron chi connectivity index (χ4n) is 2.85. The molecule has 0 spiro atoms. The first kappa shape index (κ1) is 21.1. The highest BCUT2D eigenvalue weighted by Crippen LogP contribution is 2.09. The van der Waals surface area contributed by atoms with Crippen molar-refractivity contribution < 1.29 is 4.79 Å². The van der Waals surface area contributed by atoms with Crippen LogP contribution in [0.2, 0.25) is 0 Å². The fraction of sp³-hybridized carbons (Fsp3) is 0.444. The molecule has 0 atom stereocenters. The molecule has 1 aliphatic rings. The molecule has 1 aromatic heterocycles. The van der Waals surface area contributed by atoms with E-state index in [-0.39, 0.29) is 36.4 Å². The Morgan fingerprint density at radius 2 is 1.93 bits per heavy atom. The van der Waals surface area contributed by atoms with Gasteiger partial charge >= 0.3 is 0 Å². The second kappa shape index (κ2) is 10.9. The minimum absolute atomic E-state index is 0. The standard InChI is InChI=1S/C18H25N7O.HI/c1-2-20-18(22-12-17(26)24-9-3-4-10-24)21-11-15-5-7-16(8-6-15)25-14-19-13-23-25;/h5-8,13-14H,2-4,9-12H2,1H3,(H2,20,21,22);1H. The van der Waals surface area contributed by atoms with Crippen molar-refractivity contribution in [1.29, 1.82) is 0 Å². The average molecular weight is 483 g/mol. The van der Waals surface area contributed by atoms with Crippen LogP contribution in [-0.4, -0.2) is 57.7 Å². The van der Waals surface area contributed by atoms with Crippen LogP contribution in [0.3, 0.4) is 0 Å². The normalized spacial score (nSPS) is 14.0. The maximum Gasteiger partial charge on any atom is 0.241 e. The third-order valence-corrected chi connectivity index (χ3v) is 4.25. The summed E-state index contributed by atoms with van der Waals surface area (Å²) < 4.78 is 1.71. The Morgan fingerprint density at radius 3 is 2.56 bits per heavy atom. The summed E-state index contributed by atoms with van der Waals surface area (Å²) in [5.74, 6) is 0.783. The van der Waals surface area contributed by atoms with Gasteiger partial charge < -0.3 is 15.5 Å². The van der Waals surface area contributed by atoms with Crippen LogP contribution in [0, 0.1) is 0 Å². The number of guanidine groups is 1. The van der Waals surface area contributed by atoms with Crippen LogP contribution in [0.5, 0.6) is 0 Å². The number of hydrogen-bond donors (Lipinski definition) is 2. The lowest BCUT2D eigenvalue weighted by molar-refractivity contribution is -0.128. The molecule has 8 nitrogen and oxygen atoms in total. The third-order valence-electron chi connectivity index (χ3n) is 4.25. The maximum atomic E-state index is 12.1. The van der Waals surface area contributed by atoms with Crippen molar-refractivity contribution in [1.82, 2.24) is 30.3 Å². The van der Waals surface area contributed by atoms with Gasteiger partial charge in [0.1, 0.15) is 12.7 Å². The lowest BCUT2D eigenvalue weighted by Crippen LogP contribution is -2.44. The Hall–Kier alpha value is -2.17. The molecule has 1 saturated heterocycles. The number of nitrogens with zero attached hydrogens (tertiary/aromatic N) is 5. The van der Waals surface area contributed by atoms with Crippen molar-refractivity contribution in [3.05, 3.63) is 42.5 Å². The van der Waals surface area contributed by atoms with Crippen molar-refractivity contribution in [2.24, 2.45) is 4.99 Å². The predicted molar refractivity (Wildman–Crippen MR) is 115 cm³/mol. The molecule has 0 saturated carbocycles. The van der Waals surface area contributed by atoms with E-state index in [9.17, 15) is 4.79 Å². The summed E-state index contributed by atoms with van der Waals surface area (Å²) in [5, 5.41) is 10.4. The monoisotopic (exact) mass is 483 g/mol. The predicted octanol–water partition coefficient (Wildman–Crippen LogP) is 1.56. The van der Waals surface area contributed by atoms with Gasteiger partial charge in [0.15, 0.2) is 5.96 Å². The van der Waals surface area contributed by atoms with E-state index in [0.717, 1.165) is 43.7 Å². The molecule has 146 valence electrons. The van der Waals surface area contributed by atoms with Crippen molar-refractivity contribution in [3.8, 4) is 5.69 Å². The van der Waals surface area contributed by atoms with E-state index < -0.39 is 0 Å². The maximum absolute atomic E-state index is 12.1. The molecule has 0 aliphatic carbocycles. The van der Waals surface area contributed by atoms with Gasteiger partial charge in [-0.15, -0.1) is 24.0 Å². The molecule has 1 aliphatic heterocycles. The summed E-state index contributed by atoms with van der Waals surface area (Å²) in [7, 11) is 0. The van der Waals surface area contributed by atoms with Gasteiger partial charge in [-0.3, -0.25) is 4.79 Å². The number of amides is 1. The van der Waals surface area contributed by atoms with Gasteiger partial charge in [-0.2, -0.15) is 5.10 Å². The Labute approximate surface area is 176 Å². The van der Waals surface area contributed by atoms with Crippen LogP contribution in [0.25, 0.3) is 5.69 Å². The highest BCUT2D eigenvalue weighted by Gasteiger charge is 2.17. The van der Waals surface area contributed by atoms with Crippen LogP contribution in [0.4, 0.5) is 0 Å². The Balaban J connectivity index is 0.00000261. The first-order chi connectivity index (χ1) is 12.8. The second-order valence-corrected chi connectivity index (χ2v) is 6.14. The number of benzene rings is 1. The van der Waals surface area contributed by atoms with Crippen LogP contribution >= 0.6 is 24.0 Å². The zero-order chi connectivity index (χ0) is 18.2. The molecule has 2 N–H and O–H groups in total. The topological polar surface area (TPSA) is 87.4 Å². The molecule has 1 fully saturated rings. The largest absolute Gasteiger partial charge is 0.357 e. The molecule has 0 bridgehead atoms. The quantitative estimate of drug-likeness (QED) is 0.370. The number of halogens is 1. The van der Waals surface area contributed by atoms with Gasteiger partial charge in [0, 0.05) is 19.6 Å². The molecule has 2 heterocycles. The first-order valence-electron chi connectivity index (χ1n) is 9.00. The lowest BCUT2D eigenvalue weighted by Gasteiger charge is -2.17. The van der Waals surface area contributed by atoms with Gasteiger partial charge in [-0.25, -0.2) is 14.7 Å². The SMILES string of the molecule is CCNC(=NCc1ccc(-n2cncn2)cc1)NCC(=O)N1CCCC1.I. The number of likely N-dealkylation sites (tertiary alicyclic amines) is 1. The molecule has 1 amide bonds. The summed E-state index contributed by atoms with van der Waals surface area (Å²) in [6, 6.07) is 7.99. The van der Waals surface area contributed by atoms with E-state index in [1.54, 1.807) is 11.0 Å². The molecular weight excluding hydrogens is 457 g/mol. The van der Waals surface area contributed by atoms with Crippen LogP contribution in [-0.2, 0) is 11.3 Å². The number of aromatic nitrogens is 3. The number of rotatable bonds is 6.